The highest BCUT2D eigenvalue weighted by atomic mass is 16.6. The van der Waals surface area contributed by atoms with Crippen molar-refractivity contribution in [3.05, 3.63) is 46.1 Å². The Hall–Kier alpha value is -2.30. The molecular weight excluding hydrogens is 244 g/mol. The minimum absolute atomic E-state index is 0.0312. The van der Waals surface area contributed by atoms with Crippen LogP contribution in [0.2, 0.25) is 0 Å². The highest BCUT2D eigenvalue weighted by Crippen LogP contribution is 2.26. The number of non-ortho nitro benzene ring substituents is 1. The minimum Gasteiger partial charge on any atom is -0.299 e. The monoisotopic (exact) mass is 258 g/mol. The molecule has 5 nitrogen and oxygen atoms in total. The first-order valence-electron chi connectivity index (χ1n) is 6.04. The van der Waals surface area contributed by atoms with E-state index in [1.165, 1.54) is 12.3 Å². The number of pyridine rings is 1. The van der Waals surface area contributed by atoms with Crippen LogP contribution in [0.3, 0.4) is 0 Å². The molecule has 1 heterocycles. The van der Waals surface area contributed by atoms with Gasteiger partial charge < -0.3 is 0 Å². The first-order chi connectivity index (χ1) is 9.00. The van der Waals surface area contributed by atoms with Gasteiger partial charge in [0.2, 0.25) is 0 Å². The molecule has 0 saturated heterocycles. The summed E-state index contributed by atoms with van der Waals surface area (Å²) in [6.45, 7) is 3.68. The molecule has 0 aliphatic rings. The molecule has 0 amide bonds. The molecule has 0 N–H and O–H groups in total. The second kappa shape index (κ2) is 5.14. The molecule has 1 aromatic carbocycles. The summed E-state index contributed by atoms with van der Waals surface area (Å²) in [6, 6.07) is 6.54. The van der Waals surface area contributed by atoms with Gasteiger partial charge in [0.1, 0.15) is 11.3 Å². The van der Waals surface area contributed by atoms with E-state index in [0.29, 0.717) is 10.9 Å². The van der Waals surface area contributed by atoms with Gasteiger partial charge in [-0.2, -0.15) is 0 Å². The number of benzene rings is 1. The molecule has 1 aromatic heterocycles. The maximum Gasteiger partial charge on any atom is 0.295 e. The van der Waals surface area contributed by atoms with E-state index in [1.807, 2.05) is 13.8 Å². The molecule has 0 radical (unpaired) electrons. The molecule has 0 unspecified atom stereocenters. The zero-order chi connectivity index (χ0) is 14.0. The SMILES string of the molecule is CC(C)C(=O)Cc1ccnc2c([N+](=O)[O-])cccc12. The smallest absolute Gasteiger partial charge is 0.295 e. The third kappa shape index (κ3) is 2.59. The van der Waals surface area contributed by atoms with E-state index >= 15 is 0 Å². The Morgan fingerprint density at radius 2 is 2.11 bits per heavy atom. The molecule has 0 aliphatic heterocycles. The Labute approximate surface area is 110 Å². The van der Waals surface area contributed by atoms with E-state index in [1.54, 1.807) is 18.2 Å². The Kier molecular flexibility index (Phi) is 3.55. The van der Waals surface area contributed by atoms with E-state index in [4.69, 9.17) is 0 Å². The van der Waals surface area contributed by atoms with Crippen molar-refractivity contribution >= 4 is 22.4 Å². The predicted octanol–water partition coefficient (Wildman–Crippen LogP) is 2.91. The van der Waals surface area contributed by atoms with Crippen molar-refractivity contribution in [2.24, 2.45) is 5.92 Å². The minimum atomic E-state index is -0.455. The summed E-state index contributed by atoms with van der Waals surface area (Å²) >= 11 is 0. The molecule has 2 rings (SSSR count). The number of nitrogens with zero attached hydrogens (tertiary/aromatic N) is 2. The summed E-state index contributed by atoms with van der Waals surface area (Å²) < 4.78 is 0. The number of hydrogen-bond acceptors (Lipinski definition) is 4. The molecule has 0 aliphatic carbocycles. The molecular formula is C14H14N2O3. The lowest BCUT2D eigenvalue weighted by atomic mass is 9.98. The van der Waals surface area contributed by atoms with Crippen molar-refractivity contribution < 1.29 is 9.72 Å². The maximum atomic E-state index is 11.8. The lowest BCUT2D eigenvalue weighted by molar-refractivity contribution is -0.383. The fourth-order valence-corrected chi connectivity index (χ4v) is 1.91. The summed E-state index contributed by atoms with van der Waals surface area (Å²) in [4.78, 5) is 26.4. The number of Topliss-reactive ketones (excluding diaryl/α,β-unsaturated/α-hetero) is 1. The normalized spacial score (nSPS) is 10.9. The first-order valence-corrected chi connectivity index (χ1v) is 6.04. The van der Waals surface area contributed by atoms with E-state index < -0.39 is 4.92 Å². The fourth-order valence-electron chi connectivity index (χ4n) is 1.91. The summed E-state index contributed by atoms with van der Waals surface area (Å²) in [6.07, 6.45) is 1.79. The van der Waals surface area contributed by atoms with Crippen molar-refractivity contribution in [2.45, 2.75) is 20.3 Å². The van der Waals surface area contributed by atoms with Crippen molar-refractivity contribution in [3.63, 3.8) is 0 Å². The predicted molar refractivity (Wildman–Crippen MR) is 71.9 cm³/mol. The lowest BCUT2D eigenvalue weighted by Gasteiger charge is -2.07. The molecule has 0 bridgehead atoms. The van der Waals surface area contributed by atoms with Gasteiger partial charge in [-0.3, -0.25) is 14.9 Å². The van der Waals surface area contributed by atoms with E-state index in [0.717, 1.165) is 5.56 Å². The van der Waals surface area contributed by atoms with Crippen LogP contribution in [0.1, 0.15) is 19.4 Å². The standard InChI is InChI=1S/C14H14N2O3/c1-9(2)13(17)8-10-6-7-15-14-11(10)4-3-5-12(14)16(18)19/h3-7,9H,8H2,1-2H3. The summed E-state index contributed by atoms with van der Waals surface area (Å²) in [5, 5.41) is 11.6. The van der Waals surface area contributed by atoms with Crippen LogP contribution in [0.5, 0.6) is 0 Å². The number of nitro benzene ring substituents is 1. The van der Waals surface area contributed by atoms with Gasteiger partial charge in [-0.15, -0.1) is 0 Å². The van der Waals surface area contributed by atoms with Crippen molar-refractivity contribution in [1.29, 1.82) is 0 Å². The third-order valence-electron chi connectivity index (χ3n) is 3.05. The zero-order valence-electron chi connectivity index (χ0n) is 10.8. The number of para-hydroxylation sites is 1. The zero-order valence-corrected chi connectivity index (χ0v) is 10.8. The lowest BCUT2D eigenvalue weighted by Crippen LogP contribution is -2.10. The van der Waals surface area contributed by atoms with Crippen LogP contribution in [0, 0.1) is 16.0 Å². The van der Waals surface area contributed by atoms with Crippen LogP contribution >= 0.6 is 0 Å². The van der Waals surface area contributed by atoms with E-state index in [9.17, 15) is 14.9 Å². The van der Waals surface area contributed by atoms with Crippen LogP contribution in [-0.2, 0) is 11.2 Å². The number of hydrogen-bond donors (Lipinski definition) is 0. The van der Waals surface area contributed by atoms with Crippen molar-refractivity contribution in [2.75, 3.05) is 0 Å². The van der Waals surface area contributed by atoms with Crippen LogP contribution in [-0.4, -0.2) is 15.7 Å². The molecule has 0 spiro atoms. The van der Waals surface area contributed by atoms with Gasteiger partial charge in [-0.05, 0) is 11.6 Å². The van der Waals surface area contributed by atoms with Crippen LogP contribution in [0.15, 0.2) is 30.5 Å². The van der Waals surface area contributed by atoms with Gasteiger partial charge in [0.25, 0.3) is 5.69 Å². The maximum absolute atomic E-state index is 11.8. The van der Waals surface area contributed by atoms with E-state index in [-0.39, 0.29) is 23.8 Å². The highest BCUT2D eigenvalue weighted by Gasteiger charge is 2.16. The van der Waals surface area contributed by atoms with Crippen LogP contribution in [0.4, 0.5) is 5.69 Å². The second-order valence-corrected chi connectivity index (χ2v) is 4.70. The highest BCUT2D eigenvalue weighted by molar-refractivity contribution is 5.93. The van der Waals surface area contributed by atoms with Gasteiger partial charge in [-0.25, -0.2) is 4.98 Å². The summed E-state index contributed by atoms with van der Waals surface area (Å²) in [7, 11) is 0. The van der Waals surface area contributed by atoms with Gasteiger partial charge >= 0.3 is 0 Å². The van der Waals surface area contributed by atoms with E-state index in [2.05, 4.69) is 4.98 Å². The van der Waals surface area contributed by atoms with Crippen molar-refractivity contribution in [1.82, 2.24) is 4.98 Å². The molecule has 0 fully saturated rings. The van der Waals surface area contributed by atoms with Gasteiger partial charge in [0, 0.05) is 30.0 Å². The van der Waals surface area contributed by atoms with Gasteiger partial charge in [0.05, 0.1) is 4.92 Å². The number of fused-ring (bicyclic) bond motifs is 1. The van der Waals surface area contributed by atoms with Crippen molar-refractivity contribution in [3.8, 4) is 0 Å². The van der Waals surface area contributed by atoms with Gasteiger partial charge in [0.15, 0.2) is 0 Å². The summed E-state index contributed by atoms with van der Waals surface area (Å²) in [5.41, 5.74) is 1.09. The Morgan fingerprint density at radius 1 is 1.37 bits per heavy atom. The molecule has 0 atom stereocenters. The average molecular weight is 258 g/mol. The Bertz CT molecular complexity index is 650. The molecule has 98 valence electrons. The van der Waals surface area contributed by atoms with Crippen LogP contribution in [0.25, 0.3) is 10.9 Å². The number of nitro groups is 1. The Morgan fingerprint density at radius 3 is 2.74 bits per heavy atom. The largest absolute Gasteiger partial charge is 0.299 e. The number of ketones is 1. The van der Waals surface area contributed by atoms with Gasteiger partial charge in [-0.1, -0.05) is 26.0 Å². The average Bonchev–Trinajstić information content (AvgIpc) is 2.38. The number of carbonyl (C=O) groups excluding carboxylic acids is 1. The topological polar surface area (TPSA) is 73.1 Å². The van der Waals surface area contributed by atoms with Crippen LogP contribution < -0.4 is 0 Å². The number of rotatable bonds is 4. The number of carbonyl (C=O) groups is 1. The fraction of sp³-hybridized carbons (Fsp3) is 0.286. The Balaban J connectivity index is 2.55. The third-order valence-corrected chi connectivity index (χ3v) is 3.05. The molecule has 2 aromatic rings. The molecule has 0 saturated carbocycles. The molecule has 5 heteroatoms. The quantitative estimate of drug-likeness (QED) is 0.624. The summed E-state index contributed by atoms with van der Waals surface area (Å²) in [5.74, 6) is 0.0564. The first kappa shape index (κ1) is 13.1. The number of aromatic nitrogens is 1. The second-order valence-electron chi connectivity index (χ2n) is 4.70. The molecule has 19 heavy (non-hydrogen) atoms.